The molecule has 0 aliphatic rings. The van der Waals surface area contributed by atoms with Crippen molar-refractivity contribution in [3.8, 4) is 11.8 Å². The Hall–Kier alpha value is -2.57. The number of rotatable bonds is 5. The Balaban J connectivity index is 2.21. The Morgan fingerprint density at radius 1 is 1.33 bits per heavy atom. The molecular weight excluding hydrogens is 272 g/mol. The first-order valence-corrected chi connectivity index (χ1v) is 6.40. The van der Waals surface area contributed by atoms with E-state index in [1.165, 1.54) is 14.2 Å². The summed E-state index contributed by atoms with van der Waals surface area (Å²) in [7, 11) is 4.70. The number of carbonyl (C=O) groups is 1. The lowest BCUT2D eigenvalue weighted by atomic mass is 10.2. The summed E-state index contributed by atoms with van der Waals surface area (Å²) in [5.74, 6) is 0.467. The number of hydrogen-bond donors (Lipinski definition) is 1. The van der Waals surface area contributed by atoms with Gasteiger partial charge in [-0.05, 0) is 13.0 Å². The SMILES string of the molecule is COc1ccc(C(=O)N(C)Cc2cn[nH]c2C)c(OC)n1. The van der Waals surface area contributed by atoms with Crippen molar-refractivity contribution in [3.63, 3.8) is 0 Å². The van der Waals surface area contributed by atoms with Crippen molar-refractivity contribution < 1.29 is 14.3 Å². The minimum absolute atomic E-state index is 0.178. The monoisotopic (exact) mass is 290 g/mol. The Kier molecular flexibility index (Phi) is 4.42. The van der Waals surface area contributed by atoms with Crippen molar-refractivity contribution in [2.45, 2.75) is 13.5 Å². The summed E-state index contributed by atoms with van der Waals surface area (Å²) in [5, 5.41) is 6.80. The zero-order chi connectivity index (χ0) is 15.4. The maximum Gasteiger partial charge on any atom is 0.259 e. The van der Waals surface area contributed by atoms with E-state index >= 15 is 0 Å². The first-order chi connectivity index (χ1) is 10.1. The van der Waals surface area contributed by atoms with E-state index < -0.39 is 0 Å². The maximum absolute atomic E-state index is 12.5. The average Bonchev–Trinajstić information content (AvgIpc) is 2.90. The van der Waals surface area contributed by atoms with Crippen LogP contribution in [0.25, 0.3) is 0 Å². The maximum atomic E-state index is 12.5. The van der Waals surface area contributed by atoms with Crippen LogP contribution in [0, 0.1) is 6.92 Å². The molecule has 1 amide bonds. The van der Waals surface area contributed by atoms with Gasteiger partial charge in [-0.15, -0.1) is 0 Å². The second kappa shape index (κ2) is 6.25. The van der Waals surface area contributed by atoms with Crippen LogP contribution in [0.2, 0.25) is 0 Å². The zero-order valence-electron chi connectivity index (χ0n) is 12.5. The normalized spacial score (nSPS) is 10.3. The summed E-state index contributed by atoms with van der Waals surface area (Å²) in [6.07, 6.45) is 1.71. The molecule has 112 valence electrons. The first kappa shape index (κ1) is 14.8. The predicted molar refractivity (Wildman–Crippen MR) is 76.5 cm³/mol. The second-order valence-corrected chi connectivity index (χ2v) is 4.59. The molecule has 2 aromatic heterocycles. The summed E-state index contributed by atoms with van der Waals surface area (Å²) in [6.45, 7) is 2.37. The summed E-state index contributed by atoms with van der Waals surface area (Å²) in [5.41, 5.74) is 2.29. The first-order valence-electron chi connectivity index (χ1n) is 6.40. The van der Waals surface area contributed by atoms with E-state index in [0.717, 1.165) is 11.3 Å². The third-order valence-electron chi connectivity index (χ3n) is 3.16. The van der Waals surface area contributed by atoms with Crippen LogP contribution >= 0.6 is 0 Å². The second-order valence-electron chi connectivity index (χ2n) is 4.59. The highest BCUT2D eigenvalue weighted by molar-refractivity contribution is 5.96. The molecule has 2 rings (SSSR count). The van der Waals surface area contributed by atoms with Crippen molar-refractivity contribution in [2.75, 3.05) is 21.3 Å². The lowest BCUT2D eigenvalue weighted by molar-refractivity contribution is 0.0780. The minimum atomic E-state index is -0.178. The summed E-state index contributed by atoms with van der Waals surface area (Å²) in [6, 6.07) is 3.28. The van der Waals surface area contributed by atoms with Crippen molar-refractivity contribution >= 4 is 5.91 Å². The van der Waals surface area contributed by atoms with E-state index in [9.17, 15) is 4.79 Å². The lowest BCUT2D eigenvalue weighted by Crippen LogP contribution is -2.27. The Bertz CT molecular complexity index is 639. The van der Waals surface area contributed by atoms with Gasteiger partial charge in [0.15, 0.2) is 0 Å². The molecule has 0 radical (unpaired) electrons. The molecule has 0 saturated carbocycles. The number of methoxy groups -OCH3 is 2. The number of nitrogens with zero attached hydrogens (tertiary/aromatic N) is 3. The van der Waals surface area contributed by atoms with Crippen molar-refractivity contribution in [2.24, 2.45) is 0 Å². The van der Waals surface area contributed by atoms with E-state index in [-0.39, 0.29) is 11.8 Å². The number of aromatic nitrogens is 3. The lowest BCUT2D eigenvalue weighted by Gasteiger charge is -2.18. The number of H-pyrrole nitrogens is 1. The van der Waals surface area contributed by atoms with Crippen molar-refractivity contribution in [3.05, 3.63) is 35.2 Å². The van der Waals surface area contributed by atoms with Crippen LogP contribution in [0.15, 0.2) is 18.3 Å². The quantitative estimate of drug-likeness (QED) is 0.900. The van der Waals surface area contributed by atoms with Gasteiger partial charge in [-0.3, -0.25) is 9.89 Å². The van der Waals surface area contributed by atoms with Gasteiger partial charge < -0.3 is 14.4 Å². The summed E-state index contributed by atoms with van der Waals surface area (Å²) in [4.78, 5) is 18.2. The van der Waals surface area contributed by atoms with Gasteiger partial charge >= 0.3 is 0 Å². The topological polar surface area (TPSA) is 80.3 Å². The molecule has 0 aromatic carbocycles. The molecule has 2 aromatic rings. The molecule has 0 saturated heterocycles. The molecule has 0 bridgehead atoms. The van der Waals surface area contributed by atoms with Gasteiger partial charge in [0.1, 0.15) is 5.56 Å². The van der Waals surface area contributed by atoms with E-state index in [4.69, 9.17) is 9.47 Å². The van der Waals surface area contributed by atoms with Crippen LogP contribution < -0.4 is 9.47 Å². The van der Waals surface area contributed by atoms with E-state index in [1.54, 1.807) is 30.3 Å². The van der Waals surface area contributed by atoms with E-state index in [2.05, 4.69) is 15.2 Å². The Labute approximate surface area is 122 Å². The smallest absolute Gasteiger partial charge is 0.259 e. The number of carbonyl (C=O) groups excluding carboxylic acids is 1. The average molecular weight is 290 g/mol. The molecule has 0 spiro atoms. The minimum Gasteiger partial charge on any atom is -0.481 e. The Morgan fingerprint density at radius 3 is 2.67 bits per heavy atom. The molecule has 21 heavy (non-hydrogen) atoms. The molecule has 0 aliphatic heterocycles. The number of ether oxygens (including phenoxy) is 2. The van der Waals surface area contributed by atoms with Gasteiger partial charge in [0.2, 0.25) is 11.8 Å². The predicted octanol–water partition coefficient (Wildman–Crippen LogP) is 1.40. The van der Waals surface area contributed by atoms with Gasteiger partial charge in [0.05, 0.1) is 20.4 Å². The number of nitrogens with one attached hydrogen (secondary N) is 1. The van der Waals surface area contributed by atoms with Crippen LogP contribution in [0.3, 0.4) is 0 Å². The number of aromatic amines is 1. The van der Waals surface area contributed by atoms with Gasteiger partial charge in [-0.2, -0.15) is 10.1 Å². The summed E-state index contributed by atoms with van der Waals surface area (Å²) >= 11 is 0. The molecule has 7 nitrogen and oxygen atoms in total. The van der Waals surface area contributed by atoms with Crippen LogP contribution in [-0.2, 0) is 6.54 Å². The van der Waals surface area contributed by atoms with Gasteiger partial charge in [0.25, 0.3) is 5.91 Å². The Morgan fingerprint density at radius 2 is 2.10 bits per heavy atom. The van der Waals surface area contributed by atoms with Crippen LogP contribution in [0.4, 0.5) is 0 Å². The van der Waals surface area contributed by atoms with Crippen LogP contribution in [0.1, 0.15) is 21.6 Å². The molecule has 0 atom stereocenters. The fourth-order valence-electron chi connectivity index (χ4n) is 1.92. The standard InChI is InChI=1S/C14H18N4O3/c1-9-10(7-15-17-9)8-18(2)14(19)11-5-6-12(20-3)16-13(11)21-4/h5-7H,8H2,1-4H3,(H,15,17). The van der Waals surface area contributed by atoms with Crippen LogP contribution in [0.5, 0.6) is 11.8 Å². The summed E-state index contributed by atoms with van der Waals surface area (Å²) < 4.78 is 10.2. The molecule has 0 aliphatic carbocycles. The fraction of sp³-hybridized carbons (Fsp3) is 0.357. The number of hydrogen-bond acceptors (Lipinski definition) is 5. The number of pyridine rings is 1. The highest BCUT2D eigenvalue weighted by Crippen LogP contribution is 2.21. The molecule has 0 fully saturated rings. The van der Waals surface area contributed by atoms with E-state index in [0.29, 0.717) is 18.0 Å². The van der Waals surface area contributed by atoms with Gasteiger partial charge in [0, 0.05) is 30.9 Å². The van der Waals surface area contributed by atoms with E-state index in [1.807, 2.05) is 6.92 Å². The number of amides is 1. The molecule has 2 heterocycles. The largest absolute Gasteiger partial charge is 0.481 e. The third kappa shape index (κ3) is 3.13. The highest BCUT2D eigenvalue weighted by Gasteiger charge is 2.19. The fourth-order valence-corrected chi connectivity index (χ4v) is 1.92. The molecule has 1 N–H and O–H groups in total. The highest BCUT2D eigenvalue weighted by atomic mass is 16.5. The van der Waals surface area contributed by atoms with Crippen molar-refractivity contribution in [1.82, 2.24) is 20.1 Å². The van der Waals surface area contributed by atoms with Crippen molar-refractivity contribution in [1.29, 1.82) is 0 Å². The van der Waals surface area contributed by atoms with Gasteiger partial charge in [-0.1, -0.05) is 0 Å². The molecule has 0 unspecified atom stereocenters. The zero-order valence-corrected chi connectivity index (χ0v) is 12.5. The third-order valence-corrected chi connectivity index (χ3v) is 3.16. The van der Waals surface area contributed by atoms with Gasteiger partial charge in [-0.25, -0.2) is 0 Å². The molecular formula is C14H18N4O3. The molecule has 7 heteroatoms. The van der Waals surface area contributed by atoms with Crippen LogP contribution in [-0.4, -0.2) is 47.3 Å². The number of aryl methyl sites for hydroxylation is 1.